The third-order valence-electron chi connectivity index (χ3n) is 4.10. The Labute approximate surface area is 168 Å². The molecule has 0 aliphatic carbocycles. The van der Waals surface area contributed by atoms with E-state index in [4.69, 9.17) is 5.48 Å². The molecule has 0 aliphatic heterocycles. The number of benzene rings is 3. The number of hydrogen-bond donors (Lipinski definition) is 0. The van der Waals surface area contributed by atoms with Gasteiger partial charge in [0.05, 0.1) is 0 Å². The van der Waals surface area contributed by atoms with Crippen LogP contribution in [0, 0.1) is 0 Å². The molecule has 3 nitrogen and oxygen atoms in total. The van der Waals surface area contributed by atoms with Crippen LogP contribution in [0.1, 0.15) is 11.9 Å². The van der Waals surface area contributed by atoms with Crippen LogP contribution in [0.3, 0.4) is 0 Å². The molecule has 0 aliphatic rings. The van der Waals surface area contributed by atoms with E-state index in [9.17, 15) is 9.59 Å². The third-order valence-corrected chi connectivity index (χ3v) is 12.0. The van der Waals surface area contributed by atoms with E-state index in [-0.39, 0.29) is 0 Å². The number of rotatable bonds is 7. The molecule has 0 bridgehead atoms. The number of methoxy groups -OCH3 is 1. The SMILES string of the molecule is [2H]C([2H])(C(=O)OC)C(=O)C([2H])([2H])[As+](c1ccccc1)(c1ccccc1)c1ccccc1. The zero-order chi connectivity index (χ0) is 22.7. The summed E-state index contributed by atoms with van der Waals surface area (Å²) in [6.45, 7) is 0. The van der Waals surface area contributed by atoms with Crippen molar-refractivity contribution >= 4 is 38.4 Å². The van der Waals surface area contributed by atoms with Crippen molar-refractivity contribution in [2.75, 3.05) is 7.11 Å². The van der Waals surface area contributed by atoms with E-state index in [1.54, 1.807) is 91.0 Å². The first-order valence-electron chi connectivity index (χ1n) is 10.4. The Balaban J connectivity index is 2.43. The number of Topliss-reactive ketones (excluding diaryl/α,β-unsaturated/α-hetero) is 1. The van der Waals surface area contributed by atoms with Gasteiger partial charge in [0.2, 0.25) is 0 Å². The van der Waals surface area contributed by atoms with E-state index >= 15 is 0 Å². The molecule has 0 aromatic heterocycles. The number of carbonyl (C=O) groups excluding carboxylic acids is 2. The van der Waals surface area contributed by atoms with Gasteiger partial charge in [-0.1, -0.05) is 0 Å². The summed E-state index contributed by atoms with van der Waals surface area (Å²) in [5.74, 6) is -2.85. The van der Waals surface area contributed by atoms with Crippen LogP contribution < -0.4 is 13.1 Å². The van der Waals surface area contributed by atoms with Crippen molar-refractivity contribution in [3.63, 3.8) is 0 Å². The Morgan fingerprint density at radius 1 is 0.778 bits per heavy atom. The molecular formula is C23H22AsO3+. The van der Waals surface area contributed by atoms with E-state index in [0.29, 0.717) is 13.1 Å². The van der Waals surface area contributed by atoms with Crippen molar-refractivity contribution in [3.8, 4) is 0 Å². The molecular weight excluding hydrogens is 399 g/mol. The zero-order valence-corrected chi connectivity index (χ0v) is 16.7. The quantitative estimate of drug-likeness (QED) is 0.332. The Kier molecular flexibility index (Phi) is 4.72. The normalized spacial score (nSPS) is 14.3. The van der Waals surface area contributed by atoms with Crippen LogP contribution in [0.25, 0.3) is 0 Å². The van der Waals surface area contributed by atoms with Crippen LogP contribution in [0.15, 0.2) is 91.0 Å². The second-order valence-corrected chi connectivity index (χ2v) is 12.3. The molecule has 0 N–H and O–H groups in total. The molecule has 3 rings (SSSR count). The van der Waals surface area contributed by atoms with Crippen LogP contribution in [0.2, 0.25) is 5.16 Å². The molecule has 0 saturated heterocycles. The summed E-state index contributed by atoms with van der Waals surface area (Å²) in [6, 6.07) is 26.6. The number of carbonyl (C=O) groups is 2. The summed E-state index contributed by atoms with van der Waals surface area (Å²) < 4.78 is 40.8. The Morgan fingerprint density at radius 3 is 1.48 bits per heavy atom. The minimum atomic E-state index is -4.35. The molecule has 3 aromatic rings. The van der Waals surface area contributed by atoms with Crippen LogP contribution in [0.4, 0.5) is 0 Å². The Morgan fingerprint density at radius 2 is 1.15 bits per heavy atom. The van der Waals surface area contributed by atoms with Gasteiger partial charge < -0.3 is 0 Å². The average molecular weight is 425 g/mol. The van der Waals surface area contributed by atoms with Gasteiger partial charge in [-0.25, -0.2) is 0 Å². The van der Waals surface area contributed by atoms with Crippen molar-refractivity contribution < 1.29 is 19.8 Å². The zero-order valence-electron chi connectivity index (χ0n) is 18.8. The van der Waals surface area contributed by atoms with E-state index in [1.165, 1.54) is 0 Å². The van der Waals surface area contributed by atoms with E-state index in [1.807, 2.05) is 0 Å². The first kappa shape index (κ1) is 14.4. The maximum atomic E-state index is 13.4. The number of esters is 1. The first-order chi connectivity index (χ1) is 14.7. The first-order valence-corrected chi connectivity index (χ1v) is 12.2. The molecule has 136 valence electrons. The number of ether oxygens (including phenoxy) is 1. The van der Waals surface area contributed by atoms with Gasteiger partial charge >= 0.3 is 168 Å². The third kappa shape index (κ3) is 4.20. The summed E-state index contributed by atoms with van der Waals surface area (Å²) in [6.07, 6.45) is -3.14. The molecule has 0 heterocycles. The molecule has 3 aromatic carbocycles. The van der Waals surface area contributed by atoms with E-state index in [0.717, 1.165) is 7.11 Å². The molecule has 0 atom stereocenters. The minimum absolute atomic E-state index is 0.622. The van der Waals surface area contributed by atoms with Crippen molar-refractivity contribution in [3.05, 3.63) is 91.0 Å². The summed E-state index contributed by atoms with van der Waals surface area (Å²) >= 11 is -4.35. The summed E-state index contributed by atoms with van der Waals surface area (Å²) in [4.78, 5) is 25.5. The Bertz CT molecular complexity index is 961. The van der Waals surface area contributed by atoms with Crippen LogP contribution in [-0.4, -0.2) is 32.4 Å². The topological polar surface area (TPSA) is 43.4 Å². The van der Waals surface area contributed by atoms with Gasteiger partial charge in [0.15, 0.2) is 0 Å². The summed E-state index contributed by atoms with van der Waals surface area (Å²) in [5, 5.41) is -2.69. The molecule has 0 saturated carbocycles. The van der Waals surface area contributed by atoms with Gasteiger partial charge in [0, 0.05) is 0 Å². The molecule has 0 amide bonds. The number of ketones is 1. The fourth-order valence-corrected chi connectivity index (χ4v) is 10.3. The van der Waals surface area contributed by atoms with Crippen LogP contribution in [-0.2, 0) is 14.3 Å². The predicted molar refractivity (Wildman–Crippen MR) is 110 cm³/mol. The second-order valence-electron chi connectivity index (χ2n) is 5.73. The molecule has 0 spiro atoms. The maximum absolute atomic E-state index is 13.4. The Hall–Kier alpha value is -2.64. The molecule has 4 heteroatoms. The molecule has 27 heavy (non-hydrogen) atoms. The fraction of sp³-hybridized carbons (Fsp3) is 0.130. The predicted octanol–water partition coefficient (Wildman–Crippen LogP) is 2.29. The average Bonchev–Trinajstić information content (AvgIpc) is 2.80. The number of hydrogen-bond acceptors (Lipinski definition) is 3. The van der Waals surface area contributed by atoms with Gasteiger partial charge in [-0.3, -0.25) is 0 Å². The fourth-order valence-electron chi connectivity index (χ4n) is 2.92. The standard InChI is InChI=1S/C23H22AsO3/c1-27-23(26)17-22(25)18-24(19-11-5-2-6-12-19,20-13-7-3-8-14-20)21-15-9-4-10-16-21/h2-16H,17-18H2,1H3/q+1/i17D2,18D2. The van der Waals surface area contributed by atoms with Gasteiger partial charge in [-0.2, -0.15) is 0 Å². The van der Waals surface area contributed by atoms with Crippen molar-refractivity contribution in [2.45, 2.75) is 11.5 Å². The summed E-state index contributed by atoms with van der Waals surface area (Å²) in [7, 11) is 0.974. The molecule has 0 unspecified atom stereocenters. The van der Waals surface area contributed by atoms with Gasteiger partial charge in [0.25, 0.3) is 0 Å². The van der Waals surface area contributed by atoms with Crippen molar-refractivity contribution in [1.82, 2.24) is 0 Å². The van der Waals surface area contributed by atoms with E-state index in [2.05, 4.69) is 4.74 Å². The van der Waals surface area contributed by atoms with Crippen molar-refractivity contribution in [1.29, 1.82) is 0 Å². The van der Waals surface area contributed by atoms with E-state index < -0.39 is 36.8 Å². The van der Waals surface area contributed by atoms with Gasteiger partial charge in [-0.05, 0) is 0 Å². The van der Waals surface area contributed by atoms with Crippen molar-refractivity contribution in [2.24, 2.45) is 0 Å². The monoisotopic (exact) mass is 425 g/mol. The van der Waals surface area contributed by atoms with Crippen LogP contribution >= 0.6 is 0 Å². The molecule has 0 radical (unpaired) electrons. The van der Waals surface area contributed by atoms with Gasteiger partial charge in [0.1, 0.15) is 0 Å². The summed E-state index contributed by atoms with van der Waals surface area (Å²) in [5.41, 5.74) is 0. The van der Waals surface area contributed by atoms with Crippen LogP contribution in [0.5, 0.6) is 0 Å². The van der Waals surface area contributed by atoms with Gasteiger partial charge in [-0.15, -0.1) is 0 Å². The molecule has 0 fully saturated rings. The second kappa shape index (κ2) is 8.83.